The molecule has 0 fully saturated rings. The van der Waals surface area contributed by atoms with Gasteiger partial charge in [0.05, 0.1) is 0 Å². The van der Waals surface area contributed by atoms with Crippen LogP contribution in [0.3, 0.4) is 0 Å². The molecule has 0 aliphatic carbocycles. The molecule has 0 radical (unpaired) electrons. The molecule has 1 aliphatic heterocycles. The summed E-state index contributed by atoms with van der Waals surface area (Å²) in [6.07, 6.45) is 0.599. The molecule has 4 rings (SSSR count). The van der Waals surface area contributed by atoms with E-state index in [4.69, 9.17) is 0 Å². The predicted molar refractivity (Wildman–Crippen MR) is 107 cm³/mol. The maximum atomic E-state index is 12.9. The van der Waals surface area contributed by atoms with Crippen LogP contribution in [0.2, 0.25) is 0 Å². The first-order valence-corrected chi connectivity index (χ1v) is 9.43. The van der Waals surface area contributed by atoms with E-state index in [1.165, 1.54) is 12.1 Å². The van der Waals surface area contributed by atoms with E-state index < -0.39 is 0 Å². The third-order valence-corrected chi connectivity index (χ3v) is 5.07. The standard InChI is InChI=1S/C23H19FN2O3/c24-17-9-7-15(8-10-17)11-13-25-20(27)12-14-26-22(28)18-5-1-3-16-4-2-6-19(21(16)18)23(26)29/h1-10H,11-14H2,(H,25,27). The lowest BCUT2D eigenvalue weighted by atomic mass is 9.94. The van der Waals surface area contributed by atoms with Crippen molar-refractivity contribution in [2.45, 2.75) is 12.8 Å². The topological polar surface area (TPSA) is 66.5 Å². The fourth-order valence-corrected chi connectivity index (χ4v) is 3.58. The number of carbonyl (C=O) groups excluding carboxylic acids is 3. The zero-order chi connectivity index (χ0) is 20.4. The Labute approximate surface area is 167 Å². The Morgan fingerprint density at radius 1 is 0.897 bits per heavy atom. The summed E-state index contributed by atoms with van der Waals surface area (Å²) >= 11 is 0. The van der Waals surface area contributed by atoms with Crippen LogP contribution in [0, 0.1) is 5.82 Å². The number of rotatable bonds is 6. The molecular formula is C23H19FN2O3. The second-order valence-corrected chi connectivity index (χ2v) is 6.95. The van der Waals surface area contributed by atoms with Gasteiger partial charge in [0, 0.05) is 36.0 Å². The second-order valence-electron chi connectivity index (χ2n) is 6.95. The highest BCUT2D eigenvalue weighted by atomic mass is 19.1. The van der Waals surface area contributed by atoms with Gasteiger partial charge in [-0.05, 0) is 41.6 Å². The lowest BCUT2D eigenvalue weighted by Crippen LogP contribution is -2.42. The van der Waals surface area contributed by atoms with Gasteiger partial charge in [0.15, 0.2) is 0 Å². The van der Waals surface area contributed by atoms with Gasteiger partial charge in [-0.3, -0.25) is 19.3 Å². The minimum absolute atomic E-state index is 0.0186. The van der Waals surface area contributed by atoms with Gasteiger partial charge in [0.25, 0.3) is 11.8 Å². The molecule has 0 aromatic heterocycles. The van der Waals surface area contributed by atoms with Gasteiger partial charge in [0.1, 0.15) is 5.82 Å². The van der Waals surface area contributed by atoms with Crippen LogP contribution in [-0.4, -0.2) is 35.7 Å². The van der Waals surface area contributed by atoms with Gasteiger partial charge in [-0.1, -0.05) is 36.4 Å². The molecule has 146 valence electrons. The highest BCUT2D eigenvalue weighted by Gasteiger charge is 2.32. The van der Waals surface area contributed by atoms with Crippen molar-refractivity contribution in [3.05, 3.63) is 83.2 Å². The van der Waals surface area contributed by atoms with Crippen molar-refractivity contribution in [1.29, 1.82) is 0 Å². The summed E-state index contributed by atoms with van der Waals surface area (Å²) in [6.45, 7) is 0.416. The van der Waals surface area contributed by atoms with Crippen molar-refractivity contribution < 1.29 is 18.8 Å². The van der Waals surface area contributed by atoms with Gasteiger partial charge in [-0.15, -0.1) is 0 Å². The van der Waals surface area contributed by atoms with E-state index in [1.54, 1.807) is 36.4 Å². The molecule has 3 aromatic carbocycles. The number of hydrogen-bond donors (Lipinski definition) is 1. The smallest absolute Gasteiger partial charge is 0.261 e. The van der Waals surface area contributed by atoms with E-state index in [0.717, 1.165) is 15.8 Å². The first-order valence-electron chi connectivity index (χ1n) is 9.43. The molecular weight excluding hydrogens is 371 g/mol. The van der Waals surface area contributed by atoms with E-state index >= 15 is 0 Å². The number of nitrogens with zero attached hydrogens (tertiary/aromatic N) is 1. The number of amides is 3. The molecule has 0 saturated heterocycles. The molecule has 0 unspecified atom stereocenters. The number of imide groups is 1. The maximum Gasteiger partial charge on any atom is 0.261 e. The lowest BCUT2D eigenvalue weighted by Gasteiger charge is -2.27. The van der Waals surface area contributed by atoms with Crippen LogP contribution in [0.4, 0.5) is 4.39 Å². The van der Waals surface area contributed by atoms with Crippen LogP contribution < -0.4 is 5.32 Å². The fraction of sp³-hybridized carbons (Fsp3) is 0.174. The molecule has 1 aliphatic rings. The highest BCUT2D eigenvalue weighted by Crippen LogP contribution is 2.29. The Bertz CT molecular complexity index is 1060. The number of halogens is 1. The largest absolute Gasteiger partial charge is 0.356 e. The van der Waals surface area contributed by atoms with E-state index in [1.807, 2.05) is 12.1 Å². The summed E-state index contributed by atoms with van der Waals surface area (Å²) < 4.78 is 12.9. The molecule has 1 N–H and O–H groups in total. The molecule has 1 heterocycles. The summed E-state index contributed by atoms with van der Waals surface area (Å²) in [5.41, 5.74) is 1.88. The molecule has 0 spiro atoms. The Morgan fingerprint density at radius 2 is 1.52 bits per heavy atom. The Balaban J connectivity index is 1.37. The molecule has 3 aromatic rings. The summed E-state index contributed by atoms with van der Waals surface area (Å²) in [7, 11) is 0. The zero-order valence-corrected chi connectivity index (χ0v) is 15.7. The van der Waals surface area contributed by atoms with Crippen LogP contribution in [-0.2, 0) is 11.2 Å². The molecule has 29 heavy (non-hydrogen) atoms. The Hall–Kier alpha value is -3.54. The molecule has 6 heteroatoms. The third-order valence-electron chi connectivity index (χ3n) is 5.07. The number of hydrogen-bond acceptors (Lipinski definition) is 3. The first kappa shape index (κ1) is 18.8. The minimum atomic E-state index is -0.376. The van der Waals surface area contributed by atoms with Crippen LogP contribution >= 0.6 is 0 Å². The average molecular weight is 390 g/mol. The number of carbonyl (C=O) groups is 3. The molecule has 0 atom stereocenters. The van der Waals surface area contributed by atoms with Crippen LogP contribution in [0.5, 0.6) is 0 Å². The van der Waals surface area contributed by atoms with Crippen LogP contribution in [0.15, 0.2) is 60.7 Å². The summed E-state index contributed by atoms with van der Waals surface area (Å²) in [4.78, 5) is 38.9. The van der Waals surface area contributed by atoms with E-state index in [9.17, 15) is 18.8 Å². The maximum absolute atomic E-state index is 12.9. The molecule has 5 nitrogen and oxygen atoms in total. The molecule has 3 amide bonds. The SMILES string of the molecule is O=C(CCN1C(=O)c2cccc3cccc(c23)C1=O)NCCc1ccc(F)cc1. The van der Waals surface area contributed by atoms with Gasteiger partial charge >= 0.3 is 0 Å². The quantitative estimate of drug-likeness (QED) is 0.657. The van der Waals surface area contributed by atoms with E-state index in [-0.39, 0.29) is 36.5 Å². The average Bonchev–Trinajstić information content (AvgIpc) is 2.73. The van der Waals surface area contributed by atoms with E-state index in [0.29, 0.717) is 29.5 Å². The zero-order valence-electron chi connectivity index (χ0n) is 15.7. The predicted octanol–water partition coefficient (Wildman–Crippen LogP) is 3.32. The first-order chi connectivity index (χ1) is 14.0. The highest BCUT2D eigenvalue weighted by molar-refractivity contribution is 6.25. The van der Waals surface area contributed by atoms with Crippen molar-refractivity contribution in [3.8, 4) is 0 Å². The van der Waals surface area contributed by atoms with Crippen molar-refractivity contribution in [2.24, 2.45) is 0 Å². The summed E-state index contributed by atoms with van der Waals surface area (Å²) in [5.74, 6) is -1.30. The number of benzene rings is 3. The monoisotopic (exact) mass is 390 g/mol. The lowest BCUT2D eigenvalue weighted by molar-refractivity contribution is -0.121. The van der Waals surface area contributed by atoms with E-state index in [2.05, 4.69) is 5.32 Å². The Kier molecular flexibility index (Phi) is 5.08. The van der Waals surface area contributed by atoms with Gasteiger partial charge in [0.2, 0.25) is 5.91 Å². The van der Waals surface area contributed by atoms with Crippen molar-refractivity contribution in [1.82, 2.24) is 10.2 Å². The van der Waals surface area contributed by atoms with Crippen molar-refractivity contribution >= 4 is 28.5 Å². The second kappa shape index (κ2) is 7.83. The number of nitrogens with one attached hydrogen (secondary N) is 1. The molecule has 0 saturated carbocycles. The fourth-order valence-electron chi connectivity index (χ4n) is 3.58. The summed E-state index contributed by atoms with van der Waals surface area (Å²) in [5, 5.41) is 4.29. The summed E-state index contributed by atoms with van der Waals surface area (Å²) in [6, 6.07) is 16.8. The normalized spacial score (nSPS) is 13.1. The third kappa shape index (κ3) is 3.74. The van der Waals surface area contributed by atoms with Gasteiger partial charge in [-0.25, -0.2) is 4.39 Å². The van der Waals surface area contributed by atoms with Crippen molar-refractivity contribution in [2.75, 3.05) is 13.1 Å². The Morgan fingerprint density at radius 3 is 2.14 bits per heavy atom. The van der Waals surface area contributed by atoms with Crippen molar-refractivity contribution in [3.63, 3.8) is 0 Å². The van der Waals surface area contributed by atoms with Crippen LogP contribution in [0.1, 0.15) is 32.7 Å². The minimum Gasteiger partial charge on any atom is -0.356 e. The van der Waals surface area contributed by atoms with Gasteiger partial charge < -0.3 is 5.32 Å². The van der Waals surface area contributed by atoms with Gasteiger partial charge in [-0.2, -0.15) is 0 Å². The molecule has 0 bridgehead atoms. The van der Waals surface area contributed by atoms with Crippen LogP contribution in [0.25, 0.3) is 10.8 Å².